The number of hydrogen-bond donors (Lipinski definition) is 1. The summed E-state index contributed by atoms with van der Waals surface area (Å²) in [6.45, 7) is 2.13. The van der Waals surface area contributed by atoms with Crippen LogP contribution in [0.15, 0.2) is 18.2 Å². The Morgan fingerprint density at radius 2 is 2.19 bits per heavy atom. The molecule has 0 amide bonds. The number of carboxylic acids is 1. The predicted molar refractivity (Wildman–Crippen MR) is 78.9 cm³/mol. The minimum absolute atomic E-state index is 0.00260. The molecule has 3 unspecified atom stereocenters. The van der Waals surface area contributed by atoms with Crippen LogP contribution in [-0.4, -0.2) is 18.2 Å². The van der Waals surface area contributed by atoms with Gasteiger partial charge in [-0.1, -0.05) is 25.5 Å². The van der Waals surface area contributed by atoms with Gasteiger partial charge in [-0.2, -0.15) is 0 Å². The molecule has 1 aromatic carbocycles. The SMILES string of the molecule is CCC1CCC(C(=O)O)C(Cc2cccc(OC)c2F)C1. The van der Waals surface area contributed by atoms with Gasteiger partial charge >= 0.3 is 5.97 Å². The summed E-state index contributed by atoms with van der Waals surface area (Å²) in [5.41, 5.74) is 0.558. The Kier molecular flexibility index (Phi) is 5.21. The molecule has 4 heteroatoms. The molecule has 116 valence electrons. The smallest absolute Gasteiger partial charge is 0.306 e. The van der Waals surface area contributed by atoms with Crippen LogP contribution in [0.1, 0.15) is 38.2 Å². The van der Waals surface area contributed by atoms with E-state index in [4.69, 9.17) is 4.74 Å². The molecule has 2 rings (SSSR count). The van der Waals surface area contributed by atoms with Gasteiger partial charge in [0, 0.05) is 0 Å². The van der Waals surface area contributed by atoms with Crippen LogP contribution in [0.25, 0.3) is 0 Å². The third kappa shape index (κ3) is 3.55. The number of halogens is 1. The molecule has 1 aliphatic carbocycles. The molecule has 1 N–H and O–H groups in total. The molecule has 21 heavy (non-hydrogen) atoms. The van der Waals surface area contributed by atoms with E-state index in [0.717, 1.165) is 19.3 Å². The minimum atomic E-state index is -0.752. The van der Waals surface area contributed by atoms with E-state index in [0.29, 0.717) is 24.3 Å². The summed E-state index contributed by atoms with van der Waals surface area (Å²) in [5.74, 6) is -0.691. The number of carboxylic acid groups (broad SMARTS) is 1. The molecule has 0 heterocycles. The van der Waals surface area contributed by atoms with Gasteiger partial charge in [-0.05, 0) is 49.1 Å². The lowest BCUT2D eigenvalue weighted by Gasteiger charge is -2.33. The van der Waals surface area contributed by atoms with Crippen molar-refractivity contribution < 1.29 is 19.0 Å². The van der Waals surface area contributed by atoms with Gasteiger partial charge in [0.2, 0.25) is 0 Å². The number of methoxy groups -OCH3 is 1. The lowest BCUT2D eigenvalue weighted by atomic mass is 9.71. The highest BCUT2D eigenvalue weighted by Crippen LogP contribution is 2.38. The van der Waals surface area contributed by atoms with Crippen LogP contribution in [-0.2, 0) is 11.2 Å². The van der Waals surface area contributed by atoms with Crippen LogP contribution in [0.3, 0.4) is 0 Å². The first kappa shape index (κ1) is 15.8. The molecule has 1 aromatic rings. The number of hydrogen-bond acceptors (Lipinski definition) is 2. The van der Waals surface area contributed by atoms with Gasteiger partial charge < -0.3 is 9.84 Å². The second-order valence-corrected chi connectivity index (χ2v) is 5.93. The predicted octanol–water partition coefficient (Wildman–Crippen LogP) is 3.90. The Morgan fingerprint density at radius 3 is 2.81 bits per heavy atom. The van der Waals surface area contributed by atoms with Crippen molar-refractivity contribution >= 4 is 5.97 Å². The van der Waals surface area contributed by atoms with Gasteiger partial charge in [0.25, 0.3) is 0 Å². The normalized spacial score (nSPS) is 25.6. The molecule has 0 spiro atoms. The van der Waals surface area contributed by atoms with E-state index in [-0.39, 0.29) is 23.4 Å². The Bertz CT molecular complexity index is 501. The standard InChI is InChI=1S/C17H23FO3/c1-3-11-7-8-14(17(19)20)13(9-11)10-12-5-4-6-15(21-2)16(12)18/h4-6,11,13-14H,3,7-10H2,1-2H3,(H,19,20). The molecular weight excluding hydrogens is 271 g/mol. The van der Waals surface area contributed by atoms with Crippen LogP contribution in [0.5, 0.6) is 5.75 Å². The number of carbonyl (C=O) groups is 1. The van der Waals surface area contributed by atoms with Crippen molar-refractivity contribution in [3.63, 3.8) is 0 Å². The first-order chi connectivity index (χ1) is 10.1. The molecule has 0 saturated heterocycles. The summed E-state index contributed by atoms with van der Waals surface area (Å²) in [5, 5.41) is 9.40. The van der Waals surface area contributed by atoms with Crippen molar-refractivity contribution in [2.24, 2.45) is 17.8 Å². The number of rotatable bonds is 5. The van der Waals surface area contributed by atoms with E-state index in [1.165, 1.54) is 7.11 Å². The van der Waals surface area contributed by atoms with E-state index < -0.39 is 5.97 Å². The topological polar surface area (TPSA) is 46.5 Å². The number of benzene rings is 1. The van der Waals surface area contributed by atoms with Gasteiger partial charge in [-0.25, -0.2) is 4.39 Å². The van der Waals surface area contributed by atoms with Crippen molar-refractivity contribution in [1.29, 1.82) is 0 Å². The maximum atomic E-state index is 14.3. The summed E-state index contributed by atoms with van der Waals surface area (Å²) in [7, 11) is 1.44. The van der Waals surface area contributed by atoms with Crippen molar-refractivity contribution in [2.45, 2.75) is 39.0 Å². The van der Waals surface area contributed by atoms with Gasteiger partial charge in [-0.15, -0.1) is 0 Å². The maximum Gasteiger partial charge on any atom is 0.306 e. The molecule has 3 nitrogen and oxygen atoms in total. The van der Waals surface area contributed by atoms with Gasteiger partial charge in [-0.3, -0.25) is 4.79 Å². The largest absolute Gasteiger partial charge is 0.494 e. The van der Waals surface area contributed by atoms with Gasteiger partial charge in [0.05, 0.1) is 13.0 Å². The molecule has 0 aromatic heterocycles. The zero-order valence-electron chi connectivity index (χ0n) is 12.6. The maximum absolute atomic E-state index is 14.3. The van der Waals surface area contributed by atoms with E-state index in [1.807, 2.05) is 0 Å². The first-order valence-corrected chi connectivity index (χ1v) is 7.61. The first-order valence-electron chi connectivity index (χ1n) is 7.61. The summed E-state index contributed by atoms with van der Waals surface area (Å²) >= 11 is 0. The molecule has 1 saturated carbocycles. The summed E-state index contributed by atoms with van der Waals surface area (Å²) in [6.07, 6.45) is 4.05. The van der Waals surface area contributed by atoms with Crippen LogP contribution >= 0.6 is 0 Å². The third-order valence-electron chi connectivity index (χ3n) is 4.73. The van der Waals surface area contributed by atoms with E-state index in [1.54, 1.807) is 18.2 Å². The van der Waals surface area contributed by atoms with E-state index >= 15 is 0 Å². The molecule has 1 fully saturated rings. The van der Waals surface area contributed by atoms with Crippen LogP contribution < -0.4 is 4.74 Å². The molecular formula is C17H23FO3. The average molecular weight is 294 g/mol. The Balaban J connectivity index is 2.19. The highest BCUT2D eigenvalue weighted by atomic mass is 19.1. The highest BCUT2D eigenvalue weighted by Gasteiger charge is 2.34. The lowest BCUT2D eigenvalue weighted by molar-refractivity contribution is -0.145. The lowest BCUT2D eigenvalue weighted by Crippen LogP contribution is -2.32. The second kappa shape index (κ2) is 6.92. The van der Waals surface area contributed by atoms with Crippen molar-refractivity contribution in [3.05, 3.63) is 29.6 Å². The monoisotopic (exact) mass is 294 g/mol. The molecule has 0 aliphatic heterocycles. The molecule has 0 bridgehead atoms. The van der Waals surface area contributed by atoms with Crippen LogP contribution in [0.4, 0.5) is 4.39 Å². The quantitative estimate of drug-likeness (QED) is 0.895. The summed E-state index contributed by atoms with van der Waals surface area (Å²) < 4.78 is 19.3. The van der Waals surface area contributed by atoms with Crippen molar-refractivity contribution in [1.82, 2.24) is 0 Å². The zero-order chi connectivity index (χ0) is 15.4. The van der Waals surface area contributed by atoms with Crippen LogP contribution in [0, 0.1) is 23.6 Å². The minimum Gasteiger partial charge on any atom is -0.494 e. The Morgan fingerprint density at radius 1 is 1.43 bits per heavy atom. The Labute approximate surface area is 125 Å². The third-order valence-corrected chi connectivity index (χ3v) is 4.73. The van der Waals surface area contributed by atoms with Crippen molar-refractivity contribution in [2.75, 3.05) is 7.11 Å². The average Bonchev–Trinajstić information content (AvgIpc) is 2.49. The number of ether oxygens (including phenoxy) is 1. The summed E-state index contributed by atoms with van der Waals surface area (Å²) in [4.78, 5) is 11.4. The second-order valence-electron chi connectivity index (χ2n) is 5.93. The fraction of sp³-hybridized carbons (Fsp3) is 0.588. The summed E-state index contributed by atoms with van der Waals surface area (Å²) in [6, 6.07) is 5.07. The molecule has 1 aliphatic rings. The highest BCUT2D eigenvalue weighted by molar-refractivity contribution is 5.70. The zero-order valence-corrected chi connectivity index (χ0v) is 12.6. The Hall–Kier alpha value is -1.58. The van der Waals surface area contributed by atoms with Crippen LogP contribution in [0.2, 0.25) is 0 Å². The van der Waals surface area contributed by atoms with E-state index in [2.05, 4.69) is 6.92 Å². The fourth-order valence-electron chi connectivity index (χ4n) is 3.44. The molecule has 3 atom stereocenters. The number of aliphatic carboxylic acids is 1. The van der Waals surface area contributed by atoms with Gasteiger partial charge in [0.15, 0.2) is 11.6 Å². The van der Waals surface area contributed by atoms with E-state index in [9.17, 15) is 14.3 Å². The van der Waals surface area contributed by atoms with Crippen molar-refractivity contribution in [3.8, 4) is 5.75 Å². The molecule has 0 radical (unpaired) electrons. The fourth-order valence-corrected chi connectivity index (χ4v) is 3.44. The van der Waals surface area contributed by atoms with Gasteiger partial charge in [0.1, 0.15) is 0 Å².